The van der Waals surface area contributed by atoms with Gasteiger partial charge in [-0.25, -0.2) is 0 Å². The summed E-state index contributed by atoms with van der Waals surface area (Å²) in [5, 5.41) is 1.55. The van der Waals surface area contributed by atoms with Crippen molar-refractivity contribution >= 4 is 25.4 Å². The molecule has 2 unspecified atom stereocenters. The van der Waals surface area contributed by atoms with Crippen LogP contribution < -0.4 is 5.19 Å². The van der Waals surface area contributed by atoms with Crippen LogP contribution in [0.15, 0.2) is 97.1 Å². The maximum Gasteiger partial charge on any atom is 0.0837 e. The van der Waals surface area contributed by atoms with Gasteiger partial charge in [0.25, 0.3) is 0 Å². The Balaban J connectivity index is 1.51. The van der Waals surface area contributed by atoms with E-state index in [2.05, 4.69) is 136 Å². The van der Waals surface area contributed by atoms with Crippen LogP contribution in [0.1, 0.15) is 49.3 Å². The molecule has 0 aromatic heterocycles. The van der Waals surface area contributed by atoms with Gasteiger partial charge < -0.3 is 0 Å². The van der Waals surface area contributed by atoms with E-state index >= 15 is 0 Å². The van der Waals surface area contributed by atoms with Gasteiger partial charge >= 0.3 is 0 Å². The fourth-order valence-corrected chi connectivity index (χ4v) is 6.25. The van der Waals surface area contributed by atoms with Gasteiger partial charge in [-0.15, -0.1) is 0 Å². The van der Waals surface area contributed by atoms with Gasteiger partial charge in [0.1, 0.15) is 0 Å². The third-order valence-corrected chi connectivity index (χ3v) is 11.2. The highest BCUT2D eigenvalue weighted by Gasteiger charge is 2.29. The molecule has 0 radical (unpaired) electrons. The van der Waals surface area contributed by atoms with Crippen LogP contribution >= 0.6 is 0 Å². The second kappa shape index (κ2) is 11.1. The number of hydrogen-bond acceptors (Lipinski definition) is 0. The monoisotopic (exact) mass is 424 g/mol. The largest absolute Gasteiger partial charge is 0.0839 e. The highest BCUT2D eigenvalue weighted by molar-refractivity contribution is 6.90. The van der Waals surface area contributed by atoms with Crippen LogP contribution in [0.5, 0.6) is 0 Å². The van der Waals surface area contributed by atoms with Crippen molar-refractivity contribution < 1.29 is 0 Å². The van der Waals surface area contributed by atoms with Crippen molar-refractivity contribution in [2.24, 2.45) is 0 Å². The molecule has 0 heterocycles. The summed E-state index contributed by atoms with van der Waals surface area (Å²) in [7, 11) is -1.44. The Morgan fingerprint density at radius 3 is 1.68 bits per heavy atom. The molecule has 0 aliphatic carbocycles. The van der Waals surface area contributed by atoms with Gasteiger partial charge in [0.15, 0.2) is 0 Å². The Bertz CT molecular complexity index is 966. The SMILES string of the molecule is CC(C/C=C\c1ccc(/C=C\CC(C)[Si](C)(C)c2ccccc2)cc1)c1ccccc1. The molecule has 0 aliphatic rings. The Labute approximate surface area is 190 Å². The van der Waals surface area contributed by atoms with Crippen molar-refractivity contribution in [1.82, 2.24) is 0 Å². The fourth-order valence-electron chi connectivity index (χ4n) is 3.90. The first kappa shape index (κ1) is 23.0. The zero-order valence-electron chi connectivity index (χ0n) is 19.5. The van der Waals surface area contributed by atoms with Gasteiger partial charge in [0, 0.05) is 0 Å². The van der Waals surface area contributed by atoms with Crippen molar-refractivity contribution in [2.75, 3.05) is 0 Å². The van der Waals surface area contributed by atoms with Crippen LogP contribution in [0.2, 0.25) is 18.6 Å². The van der Waals surface area contributed by atoms with Gasteiger partial charge in [-0.2, -0.15) is 0 Å². The molecule has 160 valence electrons. The lowest BCUT2D eigenvalue weighted by Gasteiger charge is -2.29. The quantitative estimate of drug-likeness (QED) is 0.303. The molecule has 0 amide bonds. The molecule has 2 atom stereocenters. The maximum absolute atomic E-state index is 2.49. The van der Waals surface area contributed by atoms with E-state index in [1.54, 1.807) is 5.19 Å². The number of allylic oxidation sites excluding steroid dienone is 2. The van der Waals surface area contributed by atoms with Gasteiger partial charge in [-0.3, -0.25) is 0 Å². The first-order valence-corrected chi connectivity index (χ1v) is 14.6. The van der Waals surface area contributed by atoms with Crippen molar-refractivity contribution in [3.8, 4) is 0 Å². The molecule has 0 saturated heterocycles. The van der Waals surface area contributed by atoms with Crippen molar-refractivity contribution in [3.05, 3.63) is 114 Å². The predicted octanol–water partition coefficient (Wildman–Crippen LogP) is 8.30. The number of hydrogen-bond donors (Lipinski definition) is 0. The number of rotatable bonds is 9. The minimum atomic E-state index is -1.44. The molecule has 31 heavy (non-hydrogen) atoms. The van der Waals surface area contributed by atoms with E-state index in [9.17, 15) is 0 Å². The first-order valence-electron chi connectivity index (χ1n) is 11.5. The highest BCUT2D eigenvalue weighted by atomic mass is 28.3. The van der Waals surface area contributed by atoms with Crippen LogP contribution in [-0.4, -0.2) is 8.07 Å². The molecule has 3 aromatic rings. The molecule has 0 aliphatic heterocycles. The Morgan fingerprint density at radius 2 is 1.13 bits per heavy atom. The van der Waals surface area contributed by atoms with E-state index in [0.29, 0.717) is 11.5 Å². The fraction of sp³-hybridized carbons (Fsp3) is 0.267. The predicted molar refractivity (Wildman–Crippen MR) is 142 cm³/mol. The van der Waals surface area contributed by atoms with Gasteiger partial charge in [-0.1, -0.05) is 141 Å². The summed E-state index contributed by atoms with van der Waals surface area (Å²) in [5.41, 5.74) is 4.66. The van der Waals surface area contributed by atoms with E-state index in [-0.39, 0.29) is 0 Å². The molecular weight excluding hydrogens is 388 g/mol. The van der Waals surface area contributed by atoms with E-state index in [1.807, 2.05) is 0 Å². The third-order valence-electron chi connectivity index (χ3n) is 6.65. The van der Waals surface area contributed by atoms with E-state index < -0.39 is 8.07 Å². The topological polar surface area (TPSA) is 0 Å². The minimum absolute atomic E-state index is 0.547. The molecule has 3 aromatic carbocycles. The molecular formula is C30H36Si. The summed E-state index contributed by atoms with van der Waals surface area (Å²) in [6, 6.07) is 30.7. The molecule has 0 nitrogen and oxygen atoms in total. The zero-order valence-corrected chi connectivity index (χ0v) is 20.5. The van der Waals surface area contributed by atoms with Gasteiger partial charge in [-0.05, 0) is 41.0 Å². The van der Waals surface area contributed by atoms with Gasteiger partial charge in [0.2, 0.25) is 0 Å². The zero-order chi connectivity index (χ0) is 22.1. The highest BCUT2D eigenvalue weighted by Crippen LogP contribution is 2.26. The molecule has 3 rings (SSSR count). The first-order chi connectivity index (χ1) is 15.0. The number of benzene rings is 3. The van der Waals surface area contributed by atoms with Crippen LogP contribution in [0, 0.1) is 0 Å². The van der Waals surface area contributed by atoms with Crippen LogP contribution in [-0.2, 0) is 0 Å². The molecule has 0 saturated carbocycles. The smallest absolute Gasteiger partial charge is 0.0837 e. The molecule has 0 N–H and O–H groups in total. The lowest BCUT2D eigenvalue weighted by Crippen LogP contribution is -2.44. The van der Waals surface area contributed by atoms with Crippen molar-refractivity contribution in [1.29, 1.82) is 0 Å². The van der Waals surface area contributed by atoms with E-state index in [1.165, 1.54) is 16.7 Å². The third kappa shape index (κ3) is 6.67. The Morgan fingerprint density at radius 1 is 0.645 bits per heavy atom. The standard InChI is InChI=1S/C30H36Si/c1-25(29-17-7-5-8-18-29)13-11-15-27-21-23-28(24-22-27)16-12-14-26(2)31(3,4)30-19-9-6-10-20-30/h5-12,15-26H,13-14H2,1-4H3/b15-11-,16-12-. The summed E-state index contributed by atoms with van der Waals surface area (Å²) in [5.74, 6) is 0.547. The summed E-state index contributed by atoms with van der Waals surface area (Å²) in [6.45, 7) is 9.67. The second-order valence-corrected chi connectivity index (χ2v) is 14.2. The van der Waals surface area contributed by atoms with Crippen molar-refractivity contribution in [2.45, 2.75) is 51.2 Å². The summed E-state index contributed by atoms with van der Waals surface area (Å²) >= 11 is 0. The summed E-state index contributed by atoms with van der Waals surface area (Å²) in [6.07, 6.45) is 11.4. The van der Waals surface area contributed by atoms with E-state index in [4.69, 9.17) is 0 Å². The lowest BCUT2D eigenvalue weighted by atomic mass is 9.97. The normalized spacial score (nSPS) is 14.2. The molecule has 0 fully saturated rings. The summed E-state index contributed by atoms with van der Waals surface area (Å²) in [4.78, 5) is 0. The molecule has 0 bridgehead atoms. The van der Waals surface area contributed by atoms with Crippen LogP contribution in [0.25, 0.3) is 12.2 Å². The van der Waals surface area contributed by atoms with Crippen LogP contribution in [0.4, 0.5) is 0 Å². The average molecular weight is 425 g/mol. The van der Waals surface area contributed by atoms with Crippen molar-refractivity contribution in [3.63, 3.8) is 0 Å². The van der Waals surface area contributed by atoms with Gasteiger partial charge in [0.05, 0.1) is 8.07 Å². The van der Waals surface area contributed by atoms with Crippen LogP contribution in [0.3, 0.4) is 0 Å². The second-order valence-electron chi connectivity index (χ2n) is 9.24. The summed E-state index contributed by atoms with van der Waals surface area (Å²) < 4.78 is 0. The molecule has 0 spiro atoms. The minimum Gasteiger partial charge on any atom is -0.0839 e. The maximum atomic E-state index is 2.49. The van der Waals surface area contributed by atoms with E-state index in [0.717, 1.165) is 12.8 Å². The molecule has 1 heteroatoms. The average Bonchev–Trinajstić information content (AvgIpc) is 2.81. The Hall–Kier alpha value is -2.64. The lowest BCUT2D eigenvalue weighted by molar-refractivity contribution is 0.783. The Kier molecular flexibility index (Phi) is 8.25.